The second-order valence-electron chi connectivity index (χ2n) is 9.13. The summed E-state index contributed by atoms with van der Waals surface area (Å²) in [6.45, 7) is 8.29. The van der Waals surface area contributed by atoms with Gasteiger partial charge in [-0.3, -0.25) is 0 Å². The van der Waals surface area contributed by atoms with Crippen molar-refractivity contribution in [2.24, 2.45) is 0 Å². The molecule has 0 heterocycles. The molecule has 0 bridgehead atoms. The van der Waals surface area contributed by atoms with Gasteiger partial charge in [0, 0.05) is 8.80 Å². The van der Waals surface area contributed by atoms with Gasteiger partial charge in [0.05, 0.1) is 18.8 Å². The minimum atomic E-state index is -1.69. The fraction of sp³-hybridized carbons (Fsp3) is 0.500. The van der Waals surface area contributed by atoms with Crippen molar-refractivity contribution in [3.63, 3.8) is 0 Å². The van der Waals surface area contributed by atoms with Crippen LogP contribution in [0.5, 0.6) is 11.5 Å². The fourth-order valence-electron chi connectivity index (χ4n) is 3.81. The molecule has 0 amide bonds. The summed E-state index contributed by atoms with van der Waals surface area (Å²) in [5.41, 5.74) is -0.552. The number of rotatable bonds is 15. The van der Waals surface area contributed by atoms with Crippen molar-refractivity contribution in [1.82, 2.24) is 0 Å². The smallest absolute Gasteiger partial charge is 0.345 e. The van der Waals surface area contributed by atoms with Gasteiger partial charge < -0.3 is 14.2 Å². The van der Waals surface area contributed by atoms with E-state index in [1.54, 1.807) is 18.2 Å². The van der Waals surface area contributed by atoms with Crippen LogP contribution in [0.15, 0.2) is 30.3 Å². The van der Waals surface area contributed by atoms with Gasteiger partial charge in [-0.25, -0.2) is 14.0 Å². The maximum Gasteiger partial charge on any atom is 0.345 e. The predicted octanol–water partition coefficient (Wildman–Crippen LogP) is 7.75. The van der Waals surface area contributed by atoms with Crippen LogP contribution < -0.4 is 9.47 Å². The molecule has 0 saturated carbocycles. The van der Waals surface area contributed by atoms with E-state index >= 15 is 8.78 Å². The summed E-state index contributed by atoms with van der Waals surface area (Å²) in [7, 11) is -0.556. The standard InChI is InChI=1S/C28H36F3O5Si/c1-5-7-15-20(37(3)4)16-12-18-34-26-23(30)22(29)21(28(33)35-17-8-6-2)25(24(26)31)36-27(32)19-13-10-9-11-14-19/h9-11,13-14,20H,5-8,12,15-18H2,1-4H3. The molecular formula is C28H36F3O5Si. The van der Waals surface area contributed by atoms with Gasteiger partial charge >= 0.3 is 11.9 Å². The summed E-state index contributed by atoms with van der Waals surface area (Å²) in [6.07, 6.45) is 5.78. The minimum absolute atomic E-state index is 0.0364. The third kappa shape index (κ3) is 8.62. The summed E-state index contributed by atoms with van der Waals surface area (Å²) in [6, 6.07) is 7.58. The Kier molecular flexibility index (Phi) is 12.7. The van der Waals surface area contributed by atoms with E-state index in [1.807, 2.05) is 6.92 Å². The van der Waals surface area contributed by atoms with Crippen LogP contribution in [0, 0.1) is 17.5 Å². The highest BCUT2D eigenvalue weighted by Gasteiger charge is 2.34. The van der Waals surface area contributed by atoms with Crippen LogP contribution >= 0.6 is 0 Å². The molecule has 1 atom stereocenters. The highest BCUT2D eigenvalue weighted by atomic mass is 28.3. The van der Waals surface area contributed by atoms with Crippen LogP contribution in [0.4, 0.5) is 13.2 Å². The minimum Gasteiger partial charge on any atom is -0.487 e. The lowest BCUT2D eigenvalue weighted by Crippen LogP contribution is -2.19. The first-order valence-corrected chi connectivity index (χ1v) is 15.4. The predicted molar refractivity (Wildman–Crippen MR) is 138 cm³/mol. The molecule has 37 heavy (non-hydrogen) atoms. The molecule has 0 spiro atoms. The van der Waals surface area contributed by atoms with Crippen molar-refractivity contribution in [3.05, 3.63) is 58.9 Å². The zero-order chi connectivity index (χ0) is 27.4. The van der Waals surface area contributed by atoms with Crippen molar-refractivity contribution in [2.45, 2.75) is 77.4 Å². The number of hydrogen-bond donors (Lipinski definition) is 0. The third-order valence-corrected chi connectivity index (χ3v) is 8.25. The Bertz CT molecular complexity index is 1030. The summed E-state index contributed by atoms with van der Waals surface area (Å²) in [4.78, 5) is 25.2. The Hall–Kier alpha value is -2.81. The summed E-state index contributed by atoms with van der Waals surface area (Å²) < 4.78 is 60.8. The van der Waals surface area contributed by atoms with Crippen molar-refractivity contribution in [3.8, 4) is 11.5 Å². The molecule has 0 saturated heterocycles. The lowest BCUT2D eigenvalue weighted by Gasteiger charge is -2.20. The Morgan fingerprint density at radius 2 is 1.46 bits per heavy atom. The zero-order valence-corrected chi connectivity index (χ0v) is 23.0. The number of halogens is 3. The van der Waals surface area contributed by atoms with E-state index in [4.69, 9.17) is 14.2 Å². The Labute approximate surface area is 218 Å². The zero-order valence-electron chi connectivity index (χ0n) is 22.0. The number of carbonyl (C=O) groups excluding carboxylic acids is 2. The van der Waals surface area contributed by atoms with Crippen LogP contribution in [0.1, 0.15) is 79.5 Å². The van der Waals surface area contributed by atoms with Gasteiger partial charge in [0.15, 0.2) is 17.3 Å². The second kappa shape index (κ2) is 15.4. The molecule has 203 valence electrons. The Morgan fingerprint density at radius 3 is 2.08 bits per heavy atom. The molecule has 0 aromatic heterocycles. The first kappa shape index (κ1) is 30.4. The monoisotopic (exact) mass is 537 g/mol. The third-order valence-electron chi connectivity index (χ3n) is 6.04. The van der Waals surface area contributed by atoms with E-state index in [0.29, 0.717) is 24.8 Å². The largest absolute Gasteiger partial charge is 0.487 e. The topological polar surface area (TPSA) is 61.8 Å². The molecule has 2 rings (SSSR count). The van der Waals surface area contributed by atoms with Crippen molar-refractivity contribution in [2.75, 3.05) is 13.2 Å². The SMILES string of the molecule is CCCCOC(=O)c1c(F)c(F)c(OCCCC(CCCC)[Si](C)C)c(F)c1OC(=O)c1ccccc1. The molecular weight excluding hydrogens is 501 g/mol. The van der Waals surface area contributed by atoms with Crippen molar-refractivity contribution in [1.29, 1.82) is 0 Å². The summed E-state index contributed by atoms with van der Waals surface area (Å²) in [5.74, 6) is -9.28. The molecule has 1 unspecified atom stereocenters. The van der Waals surface area contributed by atoms with E-state index in [-0.39, 0.29) is 18.8 Å². The quantitative estimate of drug-likeness (QED) is 0.0764. The van der Waals surface area contributed by atoms with Crippen LogP contribution in [0.2, 0.25) is 18.6 Å². The van der Waals surface area contributed by atoms with Gasteiger partial charge in [0.25, 0.3) is 0 Å². The average Bonchev–Trinajstić information content (AvgIpc) is 2.88. The van der Waals surface area contributed by atoms with E-state index in [0.717, 1.165) is 25.7 Å². The van der Waals surface area contributed by atoms with E-state index < -0.39 is 55.2 Å². The molecule has 0 aliphatic rings. The van der Waals surface area contributed by atoms with Gasteiger partial charge in [-0.1, -0.05) is 70.8 Å². The Balaban J connectivity index is 2.32. The molecule has 2 aromatic rings. The van der Waals surface area contributed by atoms with Gasteiger partial charge in [-0.2, -0.15) is 8.78 Å². The molecule has 9 heteroatoms. The second-order valence-corrected chi connectivity index (χ2v) is 12.1. The number of benzene rings is 2. The number of carbonyl (C=O) groups is 2. The summed E-state index contributed by atoms with van der Waals surface area (Å²) >= 11 is 0. The normalized spacial score (nSPS) is 11.9. The van der Waals surface area contributed by atoms with Gasteiger partial charge in [0.2, 0.25) is 11.6 Å². The molecule has 5 nitrogen and oxygen atoms in total. The number of esters is 2. The van der Waals surface area contributed by atoms with E-state index in [1.165, 1.54) is 12.1 Å². The highest BCUT2D eigenvalue weighted by Crippen LogP contribution is 2.37. The lowest BCUT2D eigenvalue weighted by molar-refractivity contribution is 0.0484. The highest BCUT2D eigenvalue weighted by molar-refractivity contribution is 6.57. The molecule has 0 fully saturated rings. The molecule has 2 aromatic carbocycles. The van der Waals surface area contributed by atoms with Gasteiger partial charge in [-0.15, -0.1) is 0 Å². The van der Waals surface area contributed by atoms with Crippen molar-refractivity contribution >= 4 is 20.7 Å². The Morgan fingerprint density at radius 1 is 0.811 bits per heavy atom. The molecule has 0 aliphatic heterocycles. The number of unbranched alkanes of at least 4 members (excludes halogenated alkanes) is 2. The van der Waals surface area contributed by atoms with Crippen molar-refractivity contribution < 1.29 is 37.0 Å². The van der Waals surface area contributed by atoms with Gasteiger partial charge in [-0.05, 0) is 36.9 Å². The first-order valence-electron chi connectivity index (χ1n) is 12.8. The van der Waals surface area contributed by atoms with E-state index in [9.17, 15) is 14.0 Å². The van der Waals surface area contributed by atoms with Crippen LogP contribution in [0.3, 0.4) is 0 Å². The first-order chi connectivity index (χ1) is 17.7. The fourth-order valence-corrected chi connectivity index (χ4v) is 5.37. The van der Waals surface area contributed by atoms with Gasteiger partial charge in [0.1, 0.15) is 5.56 Å². The molecule has 0 N–H and O–H groups in total. The van der Waals surface area contributed by atoms with E-state index in [2.05, 4.69) is 20.0 Å². The molecule has 0 aliphatic carbocycles. The maximum absolute atomic E-state index is 15.5. The number of ether oxygens (including phenoxy) is 3. The maximum atomic E-state index is 15.5. The van der Waals surface area contributed by atoms with Crippen LogP contribution in [0.25, 0.3) is 0 Å². The molecule has 1 radical (unpaired) electrons. The number of hydrogen-bond acceptors (Lipinski definition) is 5. The van der Waals surface area contributed by atoms with Crippen LogP contribution in [-0.4, -0.2) is 33.9 Å². The summed E-state index contributed by atoms with van der Waals surface area (Å²) in [5, 5.41) is 0. The van der Waals surface area contributed by atoms with Crippen LogP contribution in [-0.2, 0) is 4.74 Å². The lowest BCUT2D eigenvalue weighted by atomic mass is 10.1. The average molecular weight is 538 g/mol.